The van der Waals surface area contributed by atoms with E-state index in [1.54, 1.807) is 62.3 Å². The Kier molecular flexibility index (Phi) is 16.4. The average molecular weight is 518 g/mol. The first-order chi connectivity index (χ1) is 13.3. The van der Waals surface area contributed by atoms with Crippen molar-refractivity contribution in [2.75, 3.05) is 0 Å². The van der Waals surface area contributed by atoms with E-state index < -0.39 is 34.2 Å². The van der Waals surface area contributed by atoms with E-state index in [0.717, 1.165) is 11.8 Å². The molecule has 2 rings (SSSR count). The molecule has 0 amide bonds. The Morgan fingerprint density at radius 3 is 0.968 bits per heavy atom. The molecule has 7 heteroatoms. The summed E-state index contributed by atoms with van der Waals surface area (Å²) in [7, 11) is 0. The van der Waals surface area contributed by atoms with Crippen LogP contribution in [-0.4, -0.2) is 33.2 Å². The molecule has 0 radical (unpaired) electrons. The van der Waals surface area contributed by atoms with Gasteiger partial charge in [-0.15, -0.1) is 0 Å². The molecule has 0 aromatic carbocycles. The third kappa shape index (κ3) is 18.1. The van der Waals surface area contributed by atoms with Crippen molar-refractivity contribution in [1.82, 2.24) is 0 Å². The Balaban J connectivity index is -0.000000337. The first kappa shape index (κ1) is 34.4. The molecule has 2 unspecified atom stereocenters. The van der Waals surface area contributed by atoms with E-state index in [9.17, 15) is 14.4 Å². The first-order valence-corrected chi connectivity index (χ1v) is 10.3. The van der Waals surface area contributed by atoms with Crippen molar-refractivity contribution < 1.29 is 55.9 Å². The Bertz CT molecular complexity index is 540. The van der Waals surface area contributed by atoms with Crippen LogP contribution in [0, 0.1) is 28.1 Å². The monoisotopic (exact) mass is 516 g/mol. The van der Waals surface area contributed by atoms with Crippen molar-refractivity contribution in [3.8, 4) is 0 Å². The van der Waals surface area contributed by atoms with Crippen LogP contribution < -0.4 is 0 Å². The second-order valence-corrected chi connectivity index (χ2v) is 10.7. The van der Waals surface area contributed by atoms with E-state index in [-0.39, 0.29) is 26.2 Å². The number of carboxylic acid groups (broad SMARTS) is 3. The molecule has 0 aliphatic heterocycles. The standard InChI is InChI=1S/C9H12.3C5H10O2.Zr/c1-2-5-9-7-3-6-8(9)4-1;3*1-5(2,3)4(6)7;/h1-2,4-5,8-9H,3,6-7H2;3*1-3H3,(H,6,7);. The zero-order valence-electron chi connectivity index (χ0n) is 20.7. The number of carbonyl (C=O) groups is 3. The summed E-state index contributed by atoms with van der Waals surface area (Å²) >= 11 is 0. The van der Waals surface area contributed by atoms with E-state index in [4.69, 9.17) is 15.3 Å². The van der Waals surface area contributed by atoms with E-state index in [2.05, 4.69) is 24.3 Å². The Labute approximate surface area is 207 Å². The minimum Gasteiger partial charge on any atom is -0.481 e. The van der Waals surface area contributed by atoms with E-state index in [1.807, 2.05) is 0 Å². The molecule has 2 atom stereocenters. The van der Waals surface area contributed by atoms with Crippen molar-refractivity contribution in [2.24, 2.45) is 28.1 Å². The summed E-state index contributed by atoms with van der Waals surface area (Å²) in [6.45, 7) is 15.0. The Morgan fingerprint density at radius 2 is 0.806 bits per heavy atom. The summed E-state index contributed by atoms with van der Waals surface area (Å²) in [6, 6.07) is 0. The Hall–Kier alpha value is -1.23. The molecule has 0 saturated heterocycles. The minimum absolute atomic E-state index is 0. The van der Waals surface area contributed by atoms with E-state index >= 15 is 0 Å². The van der Waals surface area contributed by atoms with Crippen LogP contribution in [0.5, 0.6) is 0 Å². The zero-order valence-corrected chi connectivity index (χ0v) is 23.1. The number of rotatable bonds is 0. The van der Waals surface area contributed by atoms with Crippen LogP contribution in [0.4, 0.5) is 0 Å². The third-order valence-electron chi connectivity index (χ3n) is 4.38. The van der Waals surface area contributed by atoms with Crippen molar-refractivity contribution in [2.45, 2.75) is 81.6 Å². The molecule has 2 aliphatic rings. The number of aliphatic carboxylic acids is 3. The van der Waals surface area contributed by atoms with Gasteiger partial charge in [-0.05, 0) is 87.0 Å². The predicted molar refractivity (Wildman–Crippen MR) is 120 cm³/mol. The van der Waals surface area contributed by atoms with Gasteiger partial charge in [0.25, 0.3) is 0 Å². The molecule has 0 bridgehead atoms. The van der Waals surface area contributed by atoms with Gasteiger partial charge in [0.05, 0.1) is 16.2 Å². The van der Waals surface area contributed by atoms with Crippen LogP contribution in [-0.2, 0) is 40.6 Å². The summed E-state index contributed by atoms with van der Waals surface area (Å²) in [5.74, 6) is -0.475. The van der Waals surface area contributed by atoms with Gasteiger partial charge in [0.2, 0.25) is 0 Å². The normalized spacial score (nSPS) is 19.0. The number of fused-ring (bicyclic) bond motifs is 1. The van der Waals surface area contributed by atoms with Gasteiger partial charge in [0.15, 0.2) is 0 Å². The van der Waals surface area contributed by atoms with Crippen molar-refractivity contribution >= 4 is 17.9 Å². The van der Waals surface area contributed by atoms with Crippen LogP contribution in [0.1, 0.15) is 81.6 Å². The van der Waals surface area contributed by atoms with Gasteiger partial charge in [-0.3, -0.25) is 14.4 Å². The minimum atomic E-state index is -0.757. The van der Waals surface area contributed by atoms with Gasteiger partial charge < -0.3 is 15.3 Å². The molecule has 0 spiro atoms. The maximum Gasteiger partial charge on any atom is 0.308 e. The molecule has 1 fully saturated rings. The molecular formula is C24H42O6Zr. The molecule has 31 heavy (non-hydrogen) atoms. The fourth-order valence-corrected chi connectivity index (χ4v) is 1.91. The zero-order chi connectivity index (χ0) is 24.3. The number of carboxylic acids is 3. The number of hydrogen-bond acceptors (Lipinski definition) is 3. The summed E-state index contributed by atoms with van der Waals surface area (Å²) in [5.41, 5.74) is -1.75. The average Bonchev–Trinajstić information content (AvgIpc) is 3.02. The van der Waals surface area contributed by atoms with Gasteiger partial charge in [-0.25, -0.2) is 0 Å². The van der Waals surface area contributed by atoms with E-state index in [0.29, 0.717) is 0 Å². The summed E-state index contributed by atoms with van der Waals surface area (Å²) in [5, 5.41) is 24.8. The van der Waals surface area contributed by atoms with Crippen molar-refractivity contribution in [3.05, 3.63) is 24.3 Å². The summed E-state index contributed by atoms with van der Waals surface area (Å²) < 4.78 is 0. The maximum absolute atomic E-state index is 10.0. The van der Waals surface area contributed by atoms with Gasteiger partial charge in [-0.1, -0.05) is 30.7 Å². The fraction of sp³-hybridized carbons (Fsp3) is 0.708. The van der Waals surface area contributed by atoms with Crippen LogP contribution in [0.3, 0.4) is 0 Å². The summed E-state index contributed by atoms with van der Waals surface area (Å²) in [6.07, 6.45) is 13.4. The SMILES string of the molecule is C1=CC2CCCC2C=C1.CC(C)(C)C(=O)O.CC(C)(C)C(=O)O.CC(C)(C)C(=O)O.[Zr]. The first-order valence-electron chi connectivity index (χ1n) is 10.3. The molecular weight excluding hydrogens is 475 g/mol. The maximum atomic E-state index is 10.0. The molecule has 0 heterocycles. The number of hydrogen-bond donors (Lipinski definition) is 3. The topological polar surface area (TPSA) is 112 Å². The van der Waals surface area contributed by atoms with Crippen LogP contribution in [0.25, 0.3) is 0 Å². The summed E-state index contributed by atoms with van der Waals surface area (Å²) in [4.78, 5) is 30.1. The molecule has 0 aromatic rings. The van der Waals surface area contributed by atoms with Gasteiger partial charge in [0, 0.05) is 26.2 Å². The number of allylic oxidation sites excluding steroid dienone is 4. The third-order valence-corrected chi connectivity index (χ3v) is 4.38. The Morgan fingerprint density at radius 1 is 0.613 bits per heavy atom. The fourth-order valence-electron chi connectivity index (χ4n) is 1.91. The molecule has 178 valence electrons. The molecule has 2 aliphatic carbocycles. The molecule has 0 aromatic heterocycles. The van der Waals surface area contributed by atoms with E-state index in [1.165, 1.54) is 19.3 Å². The molecule has 1 saturated carbocycles. The quantitative estimate of drug-likeness (QED) is 0.370. The second kappa shape index (κ2) is 14.8. The van der Waals surface area contributed by atoms with Crippen molar-refractivity contribution in [1.29, 1.82) is 0 Å². The van der Waals surface area contributed by atoms with Gasteiger partial charge in [-0.2, -0.15) is 0 Å². The van der Waals surface area contributed by atoms with Crippen LogP contribution >= 0.6 is 0 Å². The van der Waals surface area contributed by atoms with Gasteiger partial charge >= 0.3 is 17.9 Å². The van der Waals surface area contributed by atoms with Crippen LogP contribution in [0.2, 0.25) is 0 Å². The molecule has 3 N–H and O–H groups in total. The second-order valence-electron chi connectivity index (χ2n) is 10.7. The predicted octanol–water partition coefficient (Wildman–Crippen LogP) is 5.88. The van der Waals surface area contributed by atoms with Crippen LogP contribution in [0.15, 0.2) is 24.3 Å². The van der Waals surface area contributed by atoms with Gasteiger partial charge in [0.1, 0.15) is 0 Å². The largest absolute Gasteiger partial charge is 0.481 e. The smallest absolute Gasteiger partial charge is 0.308 e. The van der Waals surface area contributed by atoms with Crippen molar-refractivity contribution in [3.63, 3.8) is 0 Å². The molecule has 6 nitrogen and oxygen atoms in total.